The van der Waals surface area contributed by atoms with E-state index in [0.29, 0.717) is 38.3 Å². The Morgan fingerprint density at radius 1 is 1.27 bits per heavy atom. The molecule has 9 heteroatoms. The Labute approximate surface area is 176 Å². The zero-order chi connectivity index (χ0) is 21.3. The summed E-state index contributed by atoms with van der Waals surface area (Å²) in [6, 6.07) is 5.02. The fourth-order valence-corrected chi connectivity index (χ4v) is 5.63. The van der Waals surface area contributed by atoms with Gasteiger partial charge in [0.25, 0.3) is 0 Å². The van der Waals surface area contributed by atoms with Crippen LogP contribution in [0.1, 0.15) is 44.0 Å². The highest BCUT2D eigenvalue weighted by atomic mass is 32.2. The number of sulfonamides is 1. The van der Waals surface area contributed by atoms with E-state index in [4.69, 9.17) is 0 Å². The van der Waals surface area contributed by atoms with Crippen LogP contribution < -0.4 is 5.32 Å². The minimum Gasteiger partial charge on any atom is -0.346 e. The molecule has 1 saturated heterocycles. The fraction of sp³-hybridized carbons (Fsp3) is 0.524. The summed E-state index contributed by atoms with van der Waals surface area (Å²) in [7, 11) is -1.78. The van der Waals surface area contributed by atoms with E-state index in [1.165, 1.54) is 22.5 Å². The minimum absolute atomic E-state index is 0.0127. The smallest absolute Gasteiger partial charge is 0.243 e. The molecule has 1 aliphatic carbocycles. The third kappa shape index (κ3) is 4.57. The van der Waals surface area contributed by atoms with Crippen molar-refractivity contribution in [3.05, 3.63) is 48.3 Å². The maximum absolute atomic E-state index is 13.4. The molecule has 1 aromatic heterocycles. The zero-order valence-electron chi connectivity index (χ0n) is 17.0. The number of imidazole rings is 1. The van der Waals surface area contributed by atoms with Gasteiger partial charge in [-0.05, 0) is 55.7 Å². The van der Waals surface area contributed by atoms with Crippen LogP contribution in [0.15, 0.2) is 41.6 Å². The lowest BCUT2D eigenvalue weighted by atomic mass is 9.94. The average molecular weight is 435 g/mol. The summed E-state index contributed by atoms with van der Waals surface area (Å²) < 4.78 is 42.2. The molecule has 4 rings (SSSR count). The topological polar surface area (TPSA) is 84.3 Å². The third-order valence-electron chi connectivity index (χ3n) is 6.03. The van der Waals surface area contributed by atoms with Gasteiger partial charge >= 0.3 is 0 Å². The first-order chi connectivity index (χ1) is 14.3. The van der Waals surface area contributed by atoms with Crippen LogP contribution in [0, 0.1) is 17.7 Å². The maximum Gasteiger partial charge on any atom is 0.243 e. The largest absolute Gasteiger partial charge is 0.346 e. The Bertz CT molecular complexity index is 1010. The quantitative estimate of drug-likeness (QED) is 0.726. The second-order valence-electron chi connectivity index (χ2n) is 8.29. The van der Waals surface area contributed by atoms with Crippen LogP contribution in [-0.2, 0) is 21.9 Å². The van der Waals surface area contributed by atoms with Gasteiger partial charge in [0.05, 0.1) is 10.9 Å². The van der Waals surface area contributed by atoms with Crippen molar-refractivity contribution in [1.29, 1.82) is 0 Å². The van der Waals surface area contributed by atoms with Crippen molar-refractivity contribution in [2.24, 2.45) is 18.9 Å². The Hall–Kier alpha value is -2.26. The SMILES string of the molecule is Cn1ccnc1[C@H](NC(=O)CC1CCN(S(=O)(=O)c2cccc(F)c2)CC1)C1CC1. The van der Waals surface area contributed by atoms with Crippen LogP contribution in [0.5, 0.6) is 0 Å². The van der Waals surface area contributed by atoms with Crippen LogP contribution in [0.2, 0.25) is 0 Å². The predicted octanol–water partition coefficient (Wildman–Crippen LogP) is 2.62. The van der Waals surface area contributed by atoms with Gasteiger partial charge in [-0.2, -0.15) is 4.31 Å². The van der Waals surface area contributed by atoms with Crippen molar-refractivity contribution in [1.82, 2.24) is 19.2 Å². The first-order valence-electron chi connectivity index (χ1n) is 10.4. The molecule has 2 aliphatic rings. The number of rotatable bonds is 7. The lowest BCUT2D eigenvalue weighted by molar-refractivity contribution is -0.123. The molecule has 162 valence electrons. The molecule has 0 spiro atoms. The molecule has 7 nitrogen and oxygen atoms in total. The van der Waals surface area contributed by atoms with Gasteiger partial charge in [0, 0.05) is 39.0 Å². The van der Waals surface area contributed by atoms with E-state index >= 15 is 0 Å². The molecule has 2 heterocycles. The molecule has 1 amide bonds. The highest BCUT2D eigenvalue weighted by Gasteiger charge is 2.36. The van der Waals surface area contributed by atoms with Gasteiger partial charge in [-0.15, -0.1) is 0 Å². The van der Waals surface area contributed by atoms with Crippen LogP contribution in [-0.4, -0.2) is 41.3 Å². The maximum atomic E-state index is 13.4. The van der Waals surface area contributed by atoms with Crippen molar-refractivity contribution in [3.8, 4) is 0 Å². The van der Waals surface area contributed by atoms with E-state index in [0.717, 1.165) is 24.7 Å². The number of hydrogen-bond donors (Lipinski definition) is 1. The summed E-state index contributed by atoms with van der Waals surface area (Å²) in [5.41, 5.74) is 0. The summed E-state index contributed by atoms with van der Waals surface area (Å²) >= 11 is 0. The molecule has 1 aromatic carbocycles. The molecule has 2 aromatic rings. The summed E-state index contributed by atoms with van der Waals surface area (Å²) in [4.78, 5) is 17.0. The number of nitrogens with one attached hydrogen (secondary N) is 1. The molecule has 2 fully saturated rings. The molecule has 1 atom stereocenters. The Balaban J connectivity index is 1.32. The highest BCUT2D eigenvalue weighted by Crippen LogP contribution is 2.40. The van der Waals surface area contributed by atoms with Crippen molar-refractivity contribution in [3.63, 3.8) is 0 Å². The zero-order valence-corrected chi connectivity index (χ0v) is 17.8. The van der Waals surface area contributed by atoms with Gasteiger partial charge in [-0.3, -0.25) is 4.79 Å². The van der Waals surface area contributed by atoms with Gasteiger partial charge in [-0.1, -0.05) is 6.07 Å². The predicted molar refractivity (Wildman–Crippen MR) is 109 cm³/mol. The summed E-state index contributed by atoms with van der Waals surface area (Å²) in [5, 5.41) is 3.15. The van der Waals surface area contributed by atoms with Crippen LogP contribution in [0.25, 0.3) is 0 Å². The van der Waals surface area contributed by atoms with E-state index in [1.807, 2.05) is 17.8 Å². The van der Waals surface area contributed by atoms with Gasteiger partial charge in [0.2, 0.25) is 15.9 Å². The van der Waals surface area contributed by atoms with Crippen molar-refractivity contribution < 1.29 is 17.6 Å². The molecule has 1 saturated carbocycles. The molecular weight excluding hydrogens is 407 g/mol. The molecule has 0 radical (unpaired) electrons. The summed E-state index contributed by atoms with van der Waals surface area (Å²) in [6.07, 6.45) is 7.40. The number of hydrogen-bond acceptors (Lipinski definition) is 4. The van der Waals surface area contributed by atoms with E-state index in [2.05, 4.69) is 10.3 Å². The standard InChI is InChI=1S/C21H27FN4O3S/c1-25-12-9-23-21(25)20(16-5-6-16)24-19(27)13-15-7-10-26(11-8-15)30(28,29)18-4-2-3-17(22)14-18/h2-4,9,12,14-16,20H,5-8,10-11,13H2,1H3,(H,24,27)/t20-/m1/s1. The van der Waals surface area contributed by atoms with Gasteiger partial charge < -0.3 is 9.88 Å². The Morgan fingerprint density at radius 2 is 2.00 bits per heavy atom. The minimum atomic E-state index is -3.71. The number of benzene rings is 1. The van der Waals surface area contributed by atoms with Crippen molar-refractivity contribution >= 4 is 15.9 Å². The molecule has 0 unspecified atom stereocenters. The Morgan fingerprint density at radius 3 is 2.60 bits per heavy atom. The van der Waals surface area contributed by atoms with Gasteiger partial charge in [0.1, 0.15) is 11.6 Å². The van der Waals surface area contributed by atoms with Crippen LogP contribution >= 0.6 is 0 Å². The van der Waals surface area contributed by atoms with Crippen LogP contribution in [0.4, 0.5) is 4.39 Å². The number of carbonyl (C=O) groups is 1. The number of aromatic nitrogens is 2. The number of aryl methyl sites for hydroxylation is 1. The number of nitrogens with zero attached hydrogens (tertiary/aromatic N) is 3. The molecule has 1 aliphatic heterocycles. The second-order valence-corrected chi connectivity index (χ2v) is 10.2. The monoisotopic (exact) mass is 434 g/mol. The lowest BCUT2D eigenvalue weighted by Crippen LogP contribution is -2.40. The second kappa shape index (κ2) is 8.47. The fourth-order valence-electron chi connectivity index (χ4n) is 4.12. The number of piperidine rings is 1. The van der Waals surface area contributed by atoms with E-state index in [9.17, 15) is 17.6 Å². The molecule has 1 N–H and O–H groups in total. The average Bonchev–Trinajstić information content (AvgIpc) is 3.47. The third-order valence-corrected chi connectivity index (χ3v) is 7.92. The summed E-state index contributed by atoms with van der Waals surface area (Å²) in [6.45, 7) is 0.671. The van der Waals surface area contributed by atoms with Gasteiger partial charge in [0.15, 0.2) is 0 Å². The van der Waals surface area contributed by atoms with E-state index < -0.39 is 15.8 Å². The van der Waals surface area contributed by atoms with E-state index in [1.54, 1.807) is 6.20 Å². The van der Waals surface area contributed by atoms with Crippen molar-refractivity contribution in [2.75, 3.05) is 13.1 Å². The summed E-state index contributed by atoms with van der Waals surface area (Å²) in [5.74, 6) is 0.863. The lowest BCUT2D eigenvalue weighted by Gasteiger charge is -2.31. The first kappa shape index (κ1) is 21.0. The van der Waals surface area contributed by atoms with Crippen LogP contribution in [0.3, 0.4) is 0 Å². The Kier molecular flexibility index (Phi) is 5.92. The van der Waals surface area contributed by atoms with Gasteiger partial charge in [-0.25, -0.2) is 17.8 Å². The molecule has 30 heavy (non-hydrogen) atoms. The number of halogens is 1. The molecule has 0 bridgehead atoms. The normalized spacial score (nSPS) is 19.5. The number of amides is 1. The number of carbonyl (C=O) groups excluding carboxylic acids is 1. The molecular formula is C21H27FN4O3S. The highest BCUT2D eigenvalue weighted by molar-refractivity contribution is 7.89. The first-order valence-corrected chi connectivity index (χ1v) is 11.8. The van der Waals surface area contributed by atoms with Crippen molar-refractivity contribution in [2.45, 2.75) is 43.0 Å². The van der Waals surface area contributed by atoms with E-state index in [-0.39, 0.29) is 22.8 Å².